The van der Waals surface area contributed by atoms with Crippen LogP contribution in [0.3, 0.4) is 0 Å². The maximum Gasteiger partial charge on any atom is 0.199 e. The number of hydrogen-bond donors (Lipinski definition) is 0. The summed E-state index contributed by atoms with van der Waals surface area (Å²) in [6, 6.07) is 6.86. The van der Waals surface area contributed by atoms with E-state index in [9.17, 15) is 8.42 Å². The highest BCUT2D eigenvalue weighted by Gasteiger charge is 2.08. The van der Waals surface area contributed by atoms with Gasteiger partial charge in [-0.05, 0) is 25.5 Å². The van der Waals surface area contributed by atoms with Crippen LogP contribution in [0.2, 0.25) is 0 Å². The molecule has 0 aromatic heterocycles. The van der Waals surface area contributed by atoms with Crippen molar-refractivity contribution in [1.29, 1.82) is 0 Å². The third kappa shape index (κ3) is 2.70. The first-order valence-electron chi connectivity index (χ1n) is 4.54. The first-order chi connectivity index (χ1) is 6.56. The minimum atomic E-state index is -3.22. The molecule has 0 bridgehead atoms. The van der Waals surface area contributed by atoms with Crippen LogP contribution in [0.5, 0.6) is 0 Å². The highest BCUT2D eigenvalue weighted by Crippen LogP contribution is 2.13. The van der Waals surface area contributed by atoms with Gasteiger partial charge < -0.3 is 0 Å². The van der Waals surface area contributed by atoms with Crippen LogP contribution in [-0.4, -0.2) is 8.42 Å². The third-order valence-electron chi connectivity index (χ3n) is 1.86. The van der Waals surface area contributed by atoms with Crippen LogP contribution >= 0.6 is 0 Å². The summed E-state index contributed by atoms with van der Waals surface area (Å²) in [7, 11) is -3.22. The van der Waals surface area contributed by atoms with Gasteiger partial charge in [0.05, 0.1) is 4.90 Å². The lowest BCUT2D eigenvalue weighted by Gasteiger charge is -1.98. The van der Waals surface area contributed by atoms with Crippen LogP contribution in [0, 0.1) is 6.92 Å². The van der Waals surface area contributed by atoms with E-state index in [0.717, 1.165) is 12.0 Å². The molecule has 0 aliphatic carbocycles. The van der Waals surface area contributed by atoms with E-state index in [0.29, 0.717) is 4.90 Å². The molecule has 0 spiro atoms. The van der Waals surface area contributed by atoms with Gasteiger partial charge in [0.15, 0.2) is 9.84 Å². The molecule has 0 aliphatic rings. The van der Waals surface area contributed by atoms with Crippen LogP contribution < -0.4 is 0 Å². The first kappa shape index (κ1) is 11.0. The van der Waals surface area contributed by atoms with Crippen molar-refractivity contribution in [2.24, 2.45) is 0 Å². The lowest BCUT2D eigenvalue weighted by atomic mass is 10.2. The fraction of sp³-hybridized carbons (Fsp3) is 0.273. The second-order valence-corrected chi connectivity index (χ2v) is 4.97. The van der Waals surface area contributed by atoms with Crippen LogP contribution in [0.1, 0.15) is 18.9 Å². The number of benzene rings is 1. The molecule has 1 aromatic carbocycles. The molecule has 0 heterocycles. The fourth-order valence-corrected chi connectivity index (χ4v) is 2.15. The molecule has 76 valence electrons. The van der Waals surface area contributed by atoms with E-state index in [1.165, 1.54) is 5.41 Å². The standard InChI is InChI=1S/C11H14O2S/c1-3-4-9-14(12,13)11-7-5-10(2)6-8-11/h4-9H,3H2,1-2H3/b9-4+. The molecule has 0 saturated heterocycles. The Kier molecular flexibility index (Phi) is 3.47. The molecule has 0 amide bonds. The van der Waals surface area contributed by atoms with E-state index >= 15 is 0 Å². The van der Waals surface area contributed by atoms with E-state index in [1.54, 1.807) is 30.3 Å². The van der Waals surface area contributed by atoms with Crippen LogP contribution in [0.15, 0.2) is 40.6 Å². The summed E-state index contributed by atoms with van der Waals surface area (Å²) >= 11 is 0. The molecule has 1 rings (SSSR count). The maximum atomic E-state index is 11.6. The highest BCUT2D eigenvalue weighted by atomic mass is 32.2. The van der Waals surface area contributed by atoms with Crippen molar-refractivity contribution >= 4 is 9.84 Å². The zero-order chi connectivity index (χ0) is 10.6. The van der Waals surface area contributed by atoms with E-state index in [1.807, 2.05) is 13.8 Å². The van der Waals surface area contributed by atoms with Gasteiger partial charge in [-0.15, -0.1) is 0 Å². The van der Waals surface area contributed by atoms with Gasteiger partial charge in [0.2, 0.25) is 0 Å². The zero-order valence-electron chi connectivity index (χ0n) is 8.40. The summed E-state index contributed by atoms with van der Waals surface area (Å²) in [6.07, 6.45) is 2.38. The molecule has 1 aromatic rings. The second kappa shape index (κ2) is 4.42. The number of sulfone groups is 1. The van der Waals surface area contributed by atoms with Crippen molar-refractivity contribution in [3.05, 3.63) is 41.3 Å². The van der Waals surface area contributed by atoms with Crippen molar-refractivity contribution < 1.29 is 8.42 Å². The van der Waals surface area contributed by atoms with Crippen LogP contribution in [-0.2, 0) is 9.84 Å². The molecule has 3 heteroatoms. The van der Waals surface area contributed by atoms with Crippen LogP contribution in [0.25, 0.3) is 0 Å². The topological polar surface area (TPSA) is 34.1 Å². The minimum absolute atomic E-state index is 0.354. The number of hydrogen-bond acceptors (Lipinski definition) is 2. The summed E-state index contributed by atoms with van der Waals surface area (Å²) in [4.78, 5) is 0.354. The van der Waals surface area contributed by atoms with Crippen molar-refractivity contribution in [2.45, 2.75) is 25.2 Å². The molecule has 0 N–H and O–H groups in total. The van der Waals surface area contributed by atoms with Gasteiger partial charge in [-0.25, -0.2) is 8.42 Å². The molecule has 0 aliphatic heterocycles. The quantitative estimate of drug-likeness (QED) is 0.768. The second-order valence-electron chi connectivity index (χ2n) is 3.14. The van der Waals surface area contributed by atoms with Crippen molar-refractivity contribution in [2.75, 3.05) is 0 Å². The van der Waals surface area contributed by atoms with Crippen molar-refractivity contribution in [1.82, 2.24) is 0 Å². The summed E-state index contributed by atoms with van der Waals surface area (Å²) in [5, 5.41) is 1.26. The Morgan fingerprint density at radius 2 is 1.79 bits per heavy atom. The highest BCUT2D eigenvalue weighted by molar-refractivity contribution is 7.94. The normalized spacial score (nSPS) is 12.1. The van der Waals surface area contributed by atoms with E-state index in [4.69, 9.17) is 0 Å². The van der Waals surface area contributed by atoms with Gasteiger partial charge in [-0.2, -0.15) is 0 Å². The third-order valence-corrected chi connectivity index (χ3v) is 3.34. The van der Waals surface area contributed by atoms with E-state index in [2.05, 4.69) is 0 Å². The Morgan fingerprint density at radius 3 is 2.29 bits per heavy atom. The molecule has 0 fully saturated rings. The summed E-state index contributed by atoms with van der Waals surface area (Å²) < 4.78 is 23.2. The Balaban J connectivity index is 3.05. The number of aryl methyl sites for hydroxylation is 1. The summed E-state index contributed by atoms with van der Waals surface area (Å²) in [5.41, 5.74) is 1.06. The Hall–Kier alpha value is -1.09. The van der Waals surface area contributed by atoms with Gasteiger partial charge in [0.25, 0.3) is 0 Å². The van der Waals surface area contributed by atoms with Gasteiger partial charge in [-0.1, -0.05) is 30.7 Å². The Bertz CT molecular complexity index is 413. The molecule has 0 radical (unpaired) electrons. The smallest absolute Gasteiger partial charge is 0.199 e. The predicted molar refractivity (Wildman–Crippen MR) is 57.8 cm³/mol. The van der Waals surface area contributed by atoms with E-state index < -0.39 is 9.84 Å². The minimum Gasteiger partial charge on any atom is -0.219 e. The van der Waals surface area contributed by atoms with Crippen molar-refractivity contribution in [3.63, 3.8) is 0 Å². The molecule has 0 unspecified atom stereocenters. The SMILES string of the molecule is CC/C=C/S(=O)(=O)c1ccc(C)cc1. The monoisotopic (exact) mass is 210 g/mol. The van der Waals surface area contributed by atoms with Gasteiger partial charge in [-0.3, -0.25) is 0 Å². The van der Waals surface area contributed by atoms with Gasteiger partial charge >= 0.3 is 0 Å². The number of rotatable bonds is 3. The summed E-state index contributed by atoms with van der Waals surface area (Å²) in [5.74, 6) is 0. The largest absolute Gasteiger partial charge is 0.219 e. The Labute approximate surface area is 85.2 Å². The first-order valence-corrected chi connectivity index (χ1v) is 6.09. The lowest BCUT2D eigenvalue weighted by molar-refractivity contribution is 0.604. The van der Waals surface area contributed by atoms with Gasteiger partial charge in [0, 0.05) is 5.41 Å². The predicted octanol–water partition coefficient (Wildman–Crippen LogP) is 2.69. The average molecular weight is 210 g/mol. The molecule has 14 heavy (non-hydrogen) atoms. The van der Waals surface area contributed by atoms with Crippen LogP contribution in [0.4, 0.5) is 0 Å². The zero-order valence-corrected chi connectivity index (χ0v) is 9.21. The summed E-state index contributed by atoms with van der Waals surface area (Å²) in [6.45, 7) is 3.83. The lowest BCUT2D eigenvalue weighted by Crippen LogP contribution is -1.95. The van der Waals surface area contributed by atoms with Crippen molar-refractivity contribution in [3.8, 4) is 0 Å². The fourth-order valence-electron chi connectivity index (χ4n) is 1.03. The van der Waals surface area contributed by atoms with Gasteiger partial charge in [0.1, 0.15) is 0 Å². The molecular weight excluding hydrogens is 196 g/mol. The number of allylic oxidation sites excluding steroid dienone is 1. The average Bonchev–Trinajstić information content (AvgIpc) is 2.16. The van der Waals surface area contributed by atoms with E-state index in [-0.39, 0.29) is 0 Å². The molecular formula is C11H14O2S. The molecule has 2 nitrogen and oxygen atoms in total. The maximum absolute atomic E-state index is 11.6. The molecule has 0 saturated carbocycles. The molecule has 0 atom stereocenters. The Morgan fingerprint density at radius 1 is 1.21 bits per heavy atom.